The molecule has 0 atom stereocenters. The number of carbonyl (C=O) groups is 2. The monoisotopic (exact) mass is 380 g/mol. The number of esters is 1. The fourth-order valence-corrected chi connectivity index (χ4v) is 4.41. The minimum atomic E-state index is -0.252. The Morgan fingerprint density at radius 3 is 2.22 bits per heavy atom. The number of carbonyl (C=O) groups excluding carboxylic acids is 2. The largest absolute Gasteiger partial charge is 0.456 e. The van der Waals surface area contributed by atoms with Crippen LogP contribution in [0.4, 0.5) is 0 Å². The molecule has 0 spiro atoms. The van der Waals surface area contributed by atoms with E-state index >= 15 is 0 Å². The second-order valence-corrected chi connectivity index (χ2v) is 8.26. The Labute approximate surface area is 163 Å². The van der Waals surface area contributed by atoms with Gasteiger partial charge in [0.05, 0.1) is 6.42 Å². The van der Waals surface area contributed by atoms with Crippen molar-refractivity contribution in [3.05, 3.63) is 0 Å². The normalized spacial score (nSPS) is 24.1. The van der Waals surface area contributed by atoms with Crippen molar-refractivity contribution in [2.75, 3.05) is 72.6 Å². The number of amides is 1. The Bertz CT molecular complexity index is 480. The summed E-state index contributed by atoms with van der Waals surface area (Å²) in [6, 6.07) is 0.731. The fraction of sp³-hybridized carbons (Fsp3) is 0.900. The molecule has 0 saturated carbocycles. The van der Waals surface area contributed by atoms with Gasteiger partial charge in [0.2, 0.25) is 0 Å². The molecule has 1 amide bonds. The van der Waals surface area contributed by atoms with Crippen LogP contribution in [-0.4, -0.2) is 110 Å². The Morgan fingerprint density at radius 2 is 1.56 bits per heavy atom. The molecule has 27 heavy (non-hydrogen) atoms. The van der Waals surface area contributed by atoms with Crippen molar-refractivity contribution >= 4 is 11.9 Å². The zero-order chi connectivity index (χ0) is 19.1. The highest BCUT2D eigenvalue weighted by atomic mass is 16.5. The zero-order valence-electron chi connectivity index (χ0n) is 16.9. The van der Waals surface area contributed by atoms with Crippen LogP contribution in [0.5, 0.6) is 0 Å². The summed E-state index contributed by atoms with van der Waals surface area (Å²) in [7, 11) is 2.20. The Morgan fingerprint density at radius 1 is 0.889 bits per heavy atom. The summed E-state index contributed by atoms with van der Waals surface area (Å²) in [6.45, 7) is 8.88. The molecule has 0 aliphatic carbocycles. The van der Waals surface area contributed by atoms with Gasteiger partial charge in [0.1, 0.15) is 0 Å². The molecule has 7 nitrogen and oxygen atoms in total. The van der Waals surface area contributed by atoms with Crippen molar-refractivity contribution in [2.24, 2.45) is 0 Å². The molecular weight excluding hydrogens is 344 g/mol. The van der Waals surface area contributed by atoms with Crippen LogP contribution in [0.15, 0.2) is 0 Å². The van der Waals surface area contributed by atoms with Gasteiger partial charge in [-0.1, -0.05) is 0 Å². The van der Waals surface area contributed by atoms with Gasteiger partial charge in [-0.15, -0.1) is 0 Å². The number of ether oxygens (including phenoxy) is 1. The van der Waals surface area contributed by atoms with Gasteiger partial charge in [-0.05, 0) is 52.2 Å². The van der Waals surface area contributed by atoms with Gasteiger partial charge in [-0.3, -0.25) is 14.5 Å². The fourth-order valence-electron chi connectivity index (χ4n) is 4.41. The first-order valence-electron chi connectivity index (χ1n) is 10.7. The molecular formula is C20H36N4O3. The molecule has 3 fully saturated rings. The summed E-state index contributed by atoms with van der Waals surface area (Å²) in [6.07, 6.45) is 6.23. The van der Waals surface area contributed by atoms with Crippen LogP contribution in [-0.2, 0) is 14.3 Å². The SMILES string of the molecule is CN1CCC(N2CCN(CCC(=O)OCC(=O)N3CCCCC3)CC2)CC1. The van der Waals surface area contributed by atoms with Crippen LogP contribution in [0.25, 0.3) is 0 Å². The van der Waals surface area contributed by atoms with Crippen molar-refractivity contribution in [3.63, 3.8) is 0 Å². The van der Waals surface area contributed by atoms with Gasteiger partial charge in [0, 0.05) is 51.9 Å². The number of piperazine rings is 1. The number of likely N-dealkylation sites (tertiary alicyclic amines) is 2. The molecule has 3 aliphatic heterocycles. The van der Waals surface area contributed by atoms with E-state index in [9.17, 15) is 9.59 Å². The Hall–Kier alpha value is -1.18. The van der Waals surface area contributed by atoms with Crippen molar-refractivity contribution in [2.45, 2.75) is 44.6 Å². The average molecular weight is 381 g/mol. The lowest BCUT2D eigenvalue weighted by molar-refractivity contribution is -0.152. The standard InChI is InChI=1S/C20H36N4O3/c1-21-10-5-18(6-11-21)23-15-13-22(14-16-23)12-7-20(26)27-17-19(25)24-8-3-2-4-9-24/h18H,2-17H2,1H3. The molecule has 0 N–H and O–H groups in total. The van der Waals surface area contributed by atoms with Gasteiger partial charge in [-0.2, -0.15) is 0 Å². The van der Waals surface area contributed by atoms with Crippen LogP contribution in [0.2, 0.25) is 0 Å². The minimum Gasteiger partial charge on any atom is -0.456 e. The first-order chi connectivity index (χ1) is 13.1. The maximum Gasteiger partial charge on any atom is 0.307 e. The van der Waals surface area contributed by atoms with Gasteiger partial charge in [0.15, 0.2) is 6.61 Å². The highest BCUT2D eigenvalue weighted by Crippen LogP contribution is 2.17. The van der Waals surface area contributed by atoms with E-state index in [0.717, 1.165) is 64.7 Å². The van der Waals surface area contributed by atoms with E-state index in [2.05, 4.69) is 21.7 Å². The summed E-state index contributed by atoms with van der Waals surface area (Å²) in [5, 5.41) is 0. The lowest BCUT2D eigenvalue weighted by Gasteiger charge is -2.42. The van der Waals surface area contributed by atoms with E-state index in [0.29, 0.717) is 6.42 Å². The van der Waals surface area contributed by atoms with Crippen molar-refractivity contribution < 1.29 is 14.3 Å². The van der Waals surface area contributed by atoms with E-state index in [4.69, 9.17) is 4.74 Å². The van der Waals surface area contributed by atoms with Crippen LogP contribution in [0, 0.1) is 0 Å². The number of rotatable bonds is 6. The molecule has 3 aliphatic rings. The zero-order valence-corrected chi connectivity index (χ0v) is 16.9. The van der Waals surface area contributed by atoms with E-state index in [1.807, 2.05) is 4.90 Å². The number of hydrogen-bond donors (Lipinski definition) is 0. The first-order valence-corrected chi connectivity index (χ1v) is 10.7. The van der Waals surface area contributed by atoms with Gasteiger partial charge in [-0.25, -0.2) is 0 Å². The third-order valence-electron chi connectivity index (χ3n) is 6.31. The number of piperidine rings is 2. The molecule has 0 unspecified atom stereocenters. The van der Waals surface area contributed by atoms with E-state index < -0.39 is 0 Å². The van der Waals surface area contributed by atoms with Crippen LogP contribution >= 0.6 is 0 Å². The topological polar surface area (TPSA) is 56.3 Å². The molecule has 3 heterocycles. The van der Waals surface area contributed by atoms with Crippen molar-refractivity contribution in [3.8, 4) is 0 Å². The van der Waals surface area contributed by atoms with Crippen molar-refractivity contribution in [1.29, 1.82) is 0 Å². The van der Waals surface area contributed by atoms with E-state index in [-0.39, 0.29) is 18.5 Å². The average Bonchev–Trinajstić information content (AvgIpc) is 2.72. The second kappa shape index (κ2) is 10.4. The smallest absolute Gasteiger partial charge is 0.307 e. The predicted octanol–water partition coefficient (Wildman–Crippen LogP) is 0.644. The molecule has 0 aromatic heterocycles. The molecule has 7 heteroatoms. The van der Waals surface area contributed by atoms with Gasteiger partial charge in [0.25, 0.3) is 5.91 Å². The quantitative estimate of drug-likeness (QED) is 0.631. The highest BCUT2D eigenvalue weighted by Gasteiger charge is 2.26. The summed E-state index contributed by atoms with van der Waals surface area (Å²) in [5.74, 6) is -0.298. The van der Waals surface area contributed by atoms with Gasteiger partial charge >= 0.3 is 5.97 Å². The van der Waals surface area contributed by atoms with Crippen molar-refractivity contribution in [1.82, 2.24) is 19.6 Å². The van der Waals surface area contributed by atoms with Crippen LogP contribution in [0.3, 0.4) is 0 Å². The van der Waals surface area contributed by atoms with E-state index in [1.165, 1.54) is 32.4 Å². The highest BCUT2D eigenvalue weighted by molar-refractivity contribution is 5.80. The minimum absolute atomic E-state index is 0.0465. The van der Waals surface area contributed by atoms with Crippen LogP contribution < -0.4 is 0 Å². The summed E-state index contributed by atoms with van der Waals surface area (Å²) in [4.78, 5) is 33.2. The molecule has 3 saturated heterocycles. The lowest BCUT2D eigenvalue weighted by atomic mass is 10.0. The lowest BCUT2D eigenvalue weighted by Crippen LogP contribution is -2.53. The summed E-state index contributed by atoms with van der Waals surface area (Å²) in [5.41, 5.74) is 0. The summed E-state index contributed by atoms with van der Waals surface area (Å²) < 4.78 is 5.20. The molecule has 0 bridgehead atoms. The number of hydrogen-bond acceptors (Lipinski definition) is 6. The third kappa shape index (κ3) is 6.43. The van der Waals surface area contributed by atoms with E-state index in [1.54, 1.807) is 0 Å². The predicted molar refractivity (Wildman–Crippen MR) is 105 cm³/mol. The molecule has 3 rings (SSSR count). The maximum absolute atomic E-state index is 12.0. The molecule has 154 valence electrons. The third-order valence-corrected chi connectivity index (χ3v) is 6.31. The summed E-state index contributed by atoms with van der Waals surface area (Å²) >= 11 is 0. The van der Waals surface area contributed by atoms with Crippen LogP contribution in [0.1, 0.15) is 38.5 Å². The molecule has 0 radical (unpaired) electrons. The Balaban J connectivity index is 1.27. The number of nitrogens with zero attached hydrogens (tertiary/aromatic N) is 4. The second-order valence-electron chi connectivity index (χ2n) is 8.26. The maximum atomic E-state index is 12.0. The molecule has 0 aromatic rings. The molecule has 0 aromatic carbocycles. The Kier molecular flexibility index (Phi) is 7.91. The first kappa shape index (κ1) is 20.6. The van der Waals surface area contributed by atoms with Gasteiger partial charge < -0.3 is 19.4 Å².